The van der Waals surface area contributed by atoms with Crippen molar-refractivity contribution in [3.63, 3.8) is 0 Å². The number of rotatable bonds is 3. The lowest BCUT2D eigenvalue weighted by Crippen LogP contribution is -2.38. The minimum atomic E-state index is -4.68. The van der Waals surface area contributed by atoms with E-state index in [0.717, 1.165) is 30.6 Å². The van der Waals surface area contributed by atoms with Gasteiger partial charge in [0.2, 0.25) is 5.95 Å². The first kappa shape index (κ1) is 13.7. The van der Waals surface area contributed by atoms with E-state index in [4.69, 9.17) is 0 Å². The van der Waals surface area contributed by atoms with E-state index in [0.29, 0.717) is 5.95 Å². The van der Waals surface area contributed by atoms with Gasteiger partial charge in [-0.05, 0) is 24.1 Å². The van der Waals surface area contributed by atoms with Crippen molar-refractivity contribution in [1.82, 2.24) is 9.97 Å². The molecule has 0 bridgehead atoms. The van der Waals surface area contributed by atoms with Crippen LogP contribution in [0, 0.1) is 0 Å². The highest BCUT2D eigenvalue weighted by Crippen LogP contribution is 2.26. The van der Waals surface area contributed by atoms with Crippen LogP contribution in [0.25, 0.3) is 11.1 Å². The Kier molecular flexibility index (Phi) is 3.40. The van der Waals surface area contributed by atoms with Gasteiger partial charge in [0.15, 0.2) is 0 Å². The fourth-order valence-corrected chi connectivity index (χ4v) is 2.00. The number of alkyl halides is 3. The summed E-state index contributed by atoms with van der Waals surface area (Å²) in [5, 5.41) is 0. The molecule has 1 aromatic heterocycles. The van der Waals surface area contributed by atoms with E-state index in [1.807, 2.05) is 0 Å². The summed E-state index contributed by atoms with van der Waals surface area (Å²) in [6, 6.07) is 5.63. The van der Waals surface area contributed by atoms with Crippen LogP contribution in [-0.2, 0) is 0 Å². The Bertz CT molecular complexity index is 607. The summed E-state index contributed by atoms with van der Waals surface area (Å²) in [5.41, 5.74) is 1.48. The smallest absolute Gasteiger partial charge is 0.406 e. The maximum Gasteiger partial charge on any atom is 0.573 e. The zero-order chi connectivity index (χ0) is 14.9. The molecule has 1 aliphatic heterocycles. The second-order valence-electron chi connectivity index (χ2n) is 4.68. The van der Waals surface area contributed by atoms with Gasteiger partial charge in [0.1, 0.15) is 5.75 Å². The Hall–Kier alpha value is -2.31. The highest BCUT2D eigenvalue weighted by molar-refractivity contribution is 5.63. The molecule has 7 heteroatoms. The minimum absolute atomic E-state index is 0.246. The maximum atomic E-state index is 12.1. The van der Waals surface area contributed by atoms with Crippen molar-refractivity contribution in [1.29, 1.82) is 0 Å². The van der Waals surface area contributed by atoms with Crippen LogP contribution in [-0.4, -0.2) is 29.4 Å². The summed E-state index contributed by atoms with van der Waals surface area (Å²) in [7, 11) is 0. The first-order valence-electron chi connectivity index (χ1n) is 6.44. The van der Waals surface area contributed by atoms with Gasteiger partial charge in [0, 0.05) is 31.0 Å². The summed E-state index contributed by atoms with van der Waals surface area (Å²) >= 11 is 0. The van der Waals surface area contributed by atoms with Crippen LogP contribution in [0.3, 0.4) is 0 Å². The van der Waals surface area contributed by atoms with E-state index >= 15 is 0 Å². The lowest BCUT2D eigenvalue weighted by Gasteiger charge is -2.30. The molecule has 2 aromatic rings. The van der Waals surface area contributed by atoms with Gasteiger partial charge in [0.05, 0.1) is 0 Å². The number of anilines is 1. The van der Waals surface area contributed by atoms with Gasteiger partial charge < -0.3 is 9.64 Å². The van der Waals surface area contributed by atoms with Gasteiger partial charge in [-0.3, -0.25) is 0 Å². The number of nitrogens with zero attached hydrogens (tertiary/aromatic N) is 3. The molecule has 1 fully saturated rings. The van der Waals surface area contributed by atoms with Gasteiger partial charge in [-0.1, -0.05) is 12.1 Å². The van der Waals surface area contributed by atoms with E-state index in [9.17, 15) is 13.2 Å². The molecule has 0 aliphatic carbocycles. The zero-order valence-corrected chi connectivity index (χ0v) is 11.0. The average Bonchev–Trinajstić information content (AvgIpc) is 2.37. The summed E-state index contributed by atoms with van der Waals surface area (Å²) in [6.45, 7) is 1.92. The Morgan fingerprint density at radius 3 is 2.05 bits per heavy atom. The monoisotopic (exact) mass is 295 g/mol. The predicted molar refractivity (Wildman–Crippen MR) is 71.0 cm³/mol. The van der Waals surface area contributed by atoms with Crippen LogP contribution in [0.4, 0.5) is 19.1 Å². The second kappa shape index (κ2) is 5.23. The van der Waals surface area contributed by atoms with Crippen molar-refractivity contribution >= 4 is 5.95 Å². The van der Waals surface area contributed by atoms with Crippen molar-refractivity contribution in [2.45, 2.75) is 12.8 Å². The molecule has 21 heavy (non-hydrogen) atoms. The largest absolute Gasteiger partial charge is 0.573 e. The normalized spacial score (nSPS) is 14.7. The number of hydrogen-bond donors (Lipinski definition) is 0. The summed E-state index contributed by atoms with van der Waals surface area (Å²) < 4.78 is 40.1. The van der Waals surface area contributed by atoms with Crippen molar-refractivity contribution in [2.75, 3.05) is 18.0 Å². The van der Waals surface area contributed by atoms with Crippen LogP contribution in [0.5, 0.6) is 5.75 Å². The molecule has 1 aromatic carbocycles. The van der Waals surface area contributed by atoms with Crippen LogP contribution in [0.2, 0.25) is 0 Å². The molecular formula is C14H12F3N3O. The highest BCUT2D eigenvalue weighted by atomic mass is 19.4. The molecule has 2 heterocycles. The van der Waals surface area contributed by atoms with Crippen LogP contribution >= 0.6 is 0 Å². The molecule has 0 radical (unpaired) electrons. The van der Waals surface area contributed by atoms with E-state index in [-0.39, 0.29) is 5.75 Å². The number of hydrogen-bond acceptors (Lipinski definition) is 4. The molecule has 1 saturated heterocycles. The zero-order valence-electron chi connectivity index (χ0n) is 11.0. The Labute approximate surface area is 119 Å². The maximum absolute atomic E-state index is 12.1. The van der Waals surface area contributed by atoms with Gasteiger partial charge in [-0.15, -0.1) is 13.2 Å². The minimum Gasteiger partial charge on any atom is -0.406 e. The Balaban J connectivity index is 1.74. The standard InChI is InChI=1S/C14H12F3N3O/c15-14(16,17)21-12-4-2-10(3-5-12)11-8-18-13(19-9-11)20-6-1-7-20/h2-5,8-9H,1,6-7H2. The summed E-state index contributed by atoms with van der Waals surface area (Å²) in [4.78, 5) is 10.6. The van der Waals surface area contributed by atoms with Crippen molar-refractivity contribution in [3.05, 3.63) is 36.7 Å². The van der Waals surface area contributed by atoms with Crippen molar-refractivity contribution < 1.29 is 17.9 Å². The first-order valence-corrected chi connectivity index (χ1v) is 6.44. The third-order valence-corrected chi connectivity index (χ3v) is 3.20. The molecule has 0 N–H and O–H groups in total. The molecule has 4 nitrogen and oxygen atoms in total. The van der Waals surface area contributed by atoms with Gasteiger partial charge >= 0.3 is 6.36 Å². The molecule has 0 unspecified atom stereocenters. The summed E-state index contributed by atoms with van der Waals surface area (Å²) in [5.74, 6) is 0.436. The number of ether oxygens (including phenoxy) is 1. The number of aromatic nitrogens is 2. The highest BCUT2D eigenvalue weighted by Gasteiger charge is 2.30. The SMILES string of the molecule is FC(F)(F)Oc1ccc(-c2cnc(N3CCC3)nc2)cc1. The molecule has 1 aliphatic rings. The lowest BCUT2D eigenvalue weighted by molar-refractivity contribution is -0.274. The van der Waals surface area contributed by atoms with Gasteiger partial charge in [-0.2, -0.15) is 0 Å². The summed E-state index contributed by atoms with van der Waals surface area (Å²) in [6.07, 6.45) is -0.199. The molecule has 3 rings (SSSR count). The molecular weight excluding hydrogens is 283 g/mol. The van der Waals surface area contributed by atoms with Crippen LogP contribution < -0.4 is 9.64 Å². The first-order chi connectivity index (χ1) is 10.0. The van der Waals surface area contributed by atoms with E-state index in [1.54, 1.807) is 24.5 Å². The van der Waals surface area contributed by atoms with Crippen molar-refractivity contribution in [3.8, 4) is 16.9 Å². The molecule has 110 valence electrons. The molecule has 0 amide bonds. The topological polar surface area (TPSA) is 38.2 Å². The molecule has 0 spiro atoms. The third kappa shape index (κ3) is 3.24. The van der Waals surface area contributed by atoms with Gasteiger partial charge in [0.25, 0.3) is 0 Å². The third-order valence-electron chi connectivity index (χ3n) is 3.20. The van der Waals surface area contributed by atoms with E-state index in [2.05, 4.69) is 19.6 Å². The Morgan fingerprint density at radius 2 is 1.57 bits per heavy atom. The lowest BCUT2D eigenvalue weighted by atomic mass is 10.1. The van der Waals surface area contributed by atoms with Crippen LogP contribution in [0.1, 0.15) is 6.42 Å². The Morgan fingerprint density at radius 1 is 0.952 bits per heavy atom. The predicted octanol–water partition coefficient (Wildman–Crippen LogP) is 3.25. The molecule has 0 saturated carbocycles. The number of halogens is 3. The van der Waals surface area contributed by atoms with E-state index in [1.165, 1.54) is 12.1 Å². The average molecular weight is 295 g/mol. The second-order valence-corrected chi connectivity index (χ2v) is 4.68. The van der Waals surface area contributed by atoms with Crippen molar-refractivity contribution in [2.24, 2.45) is 0 Å². The molecule has 0 atom stereocenters. The van der Waals surface area contributed by atoms with E-state index < -0.39 is 6.36 Å². The number of benzene rings is 1. The van der Waals surface area contributed by atoms with Gasteiger partial charge in [-0.25, -0.2) is 9.97 Å². The fourth-order valence-electron chi connectivity index (χ4n) is 2.00. The quantitative estimate of drug-likeness (QED) is 0.871. The fraction of sp³-hybridized carbons (Fsp3) is 0.286. The van der Waals surface area contributed by atoms with Crippen LogP contribution in [0.15, 0.2) is 36.7 Å².